The number of hydrogen-bond acceptors (Lipinski definition) is 4. The zero-order valence-corrected chi connectivity index (χ0v) is 18.6. The first-order chi connectivity index (χ1) is 14.7. The fraction of sp³-hybridized carbons (Fsp3) is 0.417. The average Bonchev–Trinajstić information content (AvgIpc) is 2.76. The smallest absolute Gasteiger partial charge is 0.272 e. The van der Waals surface area contributed by atoms with E-state index in [-0.39, 0.29) is 5.91 Å². The summed E-state index contributed by atoms with van der Waals surface area (Å²) in [6, 6.07) is 12.4. The number of carbonyl (C=O) groups excluding carboxylic acids is 1. The summed E-state index contributed by atoms with van der Waals surface area (Å²) in [4.78, 5) is 12.1. The van der Waals surface area contributed by atoms with Gasteiger partial charge >= 0.3 is 0 Å². The van der Waals surface area contributed by atoms with Crippen LogP contribution in [-0.4, -0.2) is 25.8 Å². The molecular weight excluding hydrogens is 400 g/mol. The van der Waals surface area contributed by atoms with Crippen molar-refractivity contribution in [3.8, 4) is 11.5 Å². The molecule has 30 heavy (non-hydrogen) atoms. The van der Waals surface area contributed by atoms with Gasteiger partial charge in [0.25, 0.3) is 5.91 Å². The van der Waals surface area contributed by atoms with Gasteiger partial charge in [0.15, 0.2) is 11.5 Å². The minimum atomic E-state index is -0.363. The van der Waals surface area contributed by atoms with E-state index in [0.29, 0.717) is 28.7 Å². The van der Waals surface area contributed by atoms with Crippen LogP contribution in [0.2, 0.25) is 5.02 Å². The molecule has 0 bridgehead atoms. The lowest BCUT2D eigenvalue weighted by Gasteiger charge is -2.11. The van der Waals surface area contributed by atoms with Crippen LogP contribution < -0.4 is 14.9 Å². The lowest BCUT2D eigenvalue weighted by atomic mass is 10.1. The molecular formula is C24H31ClN2O3. The third-order valence-electron chi connectivity index (χ3n) is 4.69. The van der Waals surface area contributed by atoms with Crippen LogP contribution in [0.3, 0.4) is 0 Å². The van der Waals surface area contributed by atoms with Crippen molar-refractivity contribution in [3.05, 3.63) is 58.6 Å². The molecule has 6 heteroatoms. The molecule has 0 aromatic heterocycles. The van der Waals surface area contributed by atoms with Gasteiger partial charge in [-0.3, -0.25) is 4.79 Å². The summed E-state index contributed by atoms with van der Waals surface area (Å²) in [6.07, 6.45) is 10.3. The number of nitrogens with one attached hydrogen (secondary N) is 1. The highest BCUT2D eigenvalue weighted by Gasteiger charge is 2.08. The maximum Gasteiger partial charge on any atom is 0.272 e. The second kappa shape index (κ2) is 13.6. The van der Waals surface area contributed by atoms with Gasteiger partial charge in [0.2, 0.25) is 0 Å². The number of benzene rings is 2. The van der Waals surface area contributed by atoms with E-state index < -0.39 is 0 Å². The van der Waals surface area contributed by atoms with Gasteiger partial charge in [-0.15, -0.1) is 0 Å². The van der Waals surface area contributed by atoms with E-state index in [4.69, 9.17) is 21.1 Å². The molecule has 0 fully saturated rings. The SMILES string of the molecule is CCCCCCCCCOc1ccc(/C=N\NC(=O)c2ccccc2Cl)cc1OC. The molecule has 0 spiro atoms. The number of unbranched alkanes of at least 4 members (excludes halogenated alkanes) is 6. The average molecular weight is 431 g/mol. The molecule has 0 saturated heterocycles. The molecule has 2 aromatic rings. The summed E-state index contributed by atoms with van der Waals surface area (Å²) in [5, 5.41) is 4.39. The monoisotopic (exact) mass is 430 g/mol. The normalized spacial score (nSPS) is 10.9. The molecule has 1 N–H and O–H groups in total. The number of ether oxygens (including phenoxy) is 2. The van der Waals surface area contributed by atoms with Crippen LogP contribution in [0.25, 0.3) is 0 Å². The summed E-state index contributed by atoms with van der Waals surface area (Å²) in [5.41, 5.74) is 3.65. The van der Waals surface area contributed by atoms with E-state index in [9.17, 15) is 4.79 Å². The van der Waals surface area contributed by atoms with E-state index >= 15 is 0 Å². The van der Waals surface area contributed by atoms with Crippen LogP contribution in [-0.2, 0) is 0 Å². The van der Waals surface area contributed by atoms with Crippen LogP contribution in [0, 0.1) is 0 Å². The number of rotatable bonds is 13. The molecule has 162 valence electrons. The Labute approximate surface area is 184 Å². The summed E-state index contributed by atoms with van der Waals surface area (Å²) in [6.45, 7) is 2.90. The predicted octanol–water partition coefficient (Wildman–Crippen LogP) is 6.24. The summed E-state index contributed by atoms with van der Waals surface area (Å²) >= 11 is 6.02. The Hall–Kier alpha value is -2.53. The molecule has 0 aliphatic rings. The maximum atomic E-state index is 12.1. The van der Waals surface area contributed by atoms with Crippen molar-refractivity contribution in [2.24, 2.45) is 5.10 Å². The van der Waals surface area contributed by atoms with Crippen molar-refractivity contribution in [1.82, 2.24) is 5.43 Å². The van der Waals surface area contributed by atoms with Crippen LogP contribution in [0.15, 0.2) is 47.6 Å². The van der Waals surface area contributed by atoms with E-state index in [2.05, 4.69) is 17.5 Å². The molecule has 0 atom stereocenters. The maximum absolute atomic E-state index is 12.1. The predicted molar refractivity (Wildman–Crippen MR) is 123 cm³/mol. The van der Waals surface area contributed by atoms with Gasteiger partial charge in [-0.1, -0.05) is 69.2 Å². The van der Waals surface area contributed by atoms with E-state index in [1.54, 1.807) is 37.6 Å². The molecule has 0 aliphatic carbocycles. The fourth-order valence-corrected chi connectivity index (χ4v) is 3.22. The van der Waals surface area contributed by atoms with Gasteiger partial charge in [0, 0.05) is 0 Å². The quantitative estimate of drug-likeness (QED) is 0.232. The zero-order valence-electron chi connectivity index (χ0n) is 17.8. The molecule has 1 amide bonds. The molecule has 5 nitrogen and oxygen atoms in total. The topological polar surface area (TPSA) is 59.9 Å². The van der Waals surface area contributed by atoms with E-state index in [0.717, 1.165) is 12.0 Å². The molecule has 2 aromatic carbocycles. The van der Waals surface area contributed by atoms with Crippen LogP contribution in [0.1, 0.15) is 67.8 Å². The standard InChI is InChI=1S/C24H31ClN2O3/c1-3-4-5-6-7-8-11-16-30-22-15-14-19(17-23(22)29-2)18-26-27-24(28)20-12-9-10-13-21(20)25/h9-10,12-15,17-18H,3-8,11,16H2,1-2H3,(H,27,28)/b26-18-. The van der Waals surface area contributed by atoms with Crippen LogP contribution >= 0.6 is 11.6 Å². The Kier molecular flexibility index (Phi) is 10.8. The largest absolute Gasteiger partial charge is 0.493 e. The van der Waals surface area contributed by atoms with Crippen molar-refractivity contribution in [1.29, 1.82) is 0 Å². The van der Waals surface area contributed by atoms with Gasteiger partial charge in [0.1, 0.15) is 0 Å². The zero-order chi connectivity index (χ0) is 21.6. The van der Waals surface area contributed by atoms with Gasteiger partial charge in [-0.05, 0) is 42.3 Å². The highest BCUT2D eigenvalue weighted by molar-refractivity contribution is 6.33. The van der Waals surface area contributed by atoms with Crippen molar-refractivity contribution in [3.63, 3.8) is 0 Å². The number of carbonyl (C=O) groups is 1. The summed E-state index contributed by atoms with van der Waals surface area (Å²) in [5.74, 6) is 0.985. The Balaban J connectivity index is 1.81. The molecule has 0 heterocycles. The van der Waals surface area contributed by atoms with Crippen molar-refractivity contribution in [2.75, 3.05) is 13.7 Å². The van der Waals surface area contributed by atoms with Gasteiger partial charge < -0.3 is 9.47 Å². The Morgan fingerprint density at radius 1 is 1.03 bits per heavy atom. The number of methoxy groups -OCH3 is 1. The molecule has 0 saturated carbocycles. The van der Waals surface area contributed by atoms with Gasteiger partial charge in [-0.25, -0.2) is 5.43 Å². The summed E-state index contributed by atoms with van der Waals surface area (Å²) < 4.78 is 11.3. The van der Waals surface area contributed by atoms with Crippen molar-refractivity contribution < 1.29 is 14.3 Å². The summed E-state index contributed by atoms with van der Waals surface area (Å²) in [7, 11) is 1.61. The van der Waals surface area contributed by atoms with Crippen molar-refractivity contribution >= 4 is 23.7 Å². The lowest BCUT2D eigenvalue weighted by Crippen LogP contribution is -2.17. The Bertz CT molecular complexity index is 824. The number of hydrogen-bond donors (Lipinski definition) is 1. The first-order valence-electron chi connectivity index (χ1n) is 10.5. The van der Waals surface area contributed by atoms with E-state index in [1.807, 2.05) is 18.2 Å². The highest BCUT2D eigenvalue weighted by atomic mass is 35.5. The molecule has 2 rings (SSSR count). The van der Waals surface area contributed by atoms with Gasteiger partial charge in [-0.2, -0.15) is 5.10 Å². The molecule has 0 unspecified atom stereocenters. The fourth-order valence-electron chi connectivity index (χ4n) is 3.00. The van der Waals surface area contributed by atoms with Crippen molar-refractivity contribution in [2.45, 2.75) is 51.9 Å². The third-order valence-corrected chi connectivity index (χ3v) is 5.02. The van der Waals surface area contributed by atoms with Crippen LogP contribution in [0.4, 0.5) is 0 Å². The minimum absolute atomic E-state index is 0.363. The number of amides is 1. The first-order valence-corrected chi connectivity index (χ1v) is 10.9. The Morgan fingerprint density at radius 3 is 2.50 bits per heavy atom. The second-order valence-corrected chi connectivity index (χ2v) is 7.47. The molecule has 0 radical (unpaired) electrons. The second-order valence-electron chi connectivity index (χ2n) is 7.06. The molecule has 0 aliphatic heterocycles. The van der Waals surface area contributed by atoms with E-state index in [1.165, 1.54) is 38.5 Å². The number of halogens is 1. The number of hydrazone groups is 1. The van der Waals surface area contributed by atoms with Crippen LogP contribution in [0.5, 0.6) is 11.5 Å². The highest BCUT2D eigenvalue weighted by Crippen LogP contribution is 2.28. The first kappa shape index (κ1) is 23.7. The third kappa shape index (κ3) is 8.07. The Morgan fingerprint density at radius 2 is 1.77 bits per heavy atom. The lowest BCUT2D eigenvalue weighted by molar-refractivity contribution is 0.0955. The minimum Gasteiger partial charge on any atom is -0.493 e. The number of nitrogens with zero attached hydrogens (tertiary/aromatic N) is 1. The van der Waals surface area contributed by atoms with Gasteiger partial charge in [0.05, 0.1) is 30.5 Å².